The molecule has 2 aliphatic rings. The normalized spacial score (nSPS) is 15.3. The Kier molecular flexibility index (Phi) is 28.8. The Bertz CT molecular complexity index is 2020. The lowest BCUT2D eigenvalue weighted by Gasteiger charge is -2.34. The Hall–Kier alpha value is -4.26. The van der Waals surface area contributed by atoms with Gasteiger partial charge in [-0.15, -0.1) is 11.3 Å². The fourth-order valence-corrected chi connectivity index (χ4v) is 8.24. The number of ether oxygens (including phenoxy) is 9. The molecule has 0 saturated carbocycles. The number of hydrogen-bond acceptors (Lipinski definition) is 20. The van der Waals surface area contributed by atoms with Crippen LogP contribution in [0.4, 0.5) is 23.2 Å². The number of carbonyl (C=O) groups excluding carboxylic acids is 3. The molecule has 0 radical (unpaired) electrons. The lowest BCUT2D eigenvalue weighted by atomic mass is 10.0. The molecule has 3 unspecified atom stereocenters. The second-order valence-corrected chi connectivity index (χ2v) is 17.3. The van der Waals surface area contributed by atoms with Crippen LogP contribution in [0.2, 0.25) is 0 Å². The Balaban J connectivity index is 1.08. The number of fused-ring (bicyclic) bond motifs is 1. The minimum absolute atomic E-state index is 0.00835. The van der Waals surface area contributed by atoms with Gasteiger partial charge in [0.1, 0.15) is 11.8 Å². The van der Waals surface area contributed by atoms with E-state index >= 15 is 0 Å². The number of hydrogen-bond donors (Lipinski definition) is 4. The lowest BCUT2D eigenvalue weighted by molar-refractivity contribution is -0.180. The van der Waals surface area contributed by atoms with Gasteiger partial charge in [0.2, 0.25) is 23.3 Å². The maximum atomic E-state index is 14.2. The molecule has 73 heavy (non-hydrogen) atoms. The van der Waals surface area contributed by atoms with Crippen molar-refractivity contribution in [2.75, 3.05) is 145 Å². The van der Waals surface area contributed by atoms with Crippen molar-refractivity contribution in [1.82, 2.24) is 14.9 Å². The smallest absolute Gasteiger partial charge is 0.319 e. The zero-order chi connectivity index (χ0) is 53.0. The summed E-state index contributed by atoms with van der Waals surface area (Å²) in [7, 11) is 0. The first kappa shape index (κ1) is 61.3. The van der Waals surface area contributed by atoms with Crippen LogP contribution in [0.3, 0.4) is 0 Å². The van der Waals surface area contributed by atoms with Crippen LogP contribution in [0, 0.1) is 29.2 Å². The highest BCUT2D eigenvalue weighted by molar-refractivity contribution is 7.13. The maximum absolute atomic E-state index is 14.2. The number of aliphatic hydroxyl groups excluding tert-OH is 3. The van der Waals surface area contributed by atoms with Crippen molar-refractivity contribution < 1.29 is 94.7 Å². The highest BCUT2D eigenvalue weighted by Crippen LogP contribution is 2.36. The molecule has 3 atom stereocenters. The van der Waals surface area contributed by atoms with E-state index in [1.165, 1.54) is 5.06 Å². The van der Waals surface area contributed by atoms with E-state index in [1.807, 2.05) is 30.9 Å². The fourth-order valence-electron chi connectivity index (χ4n) is 7.13. The number of benzene rings is 1. The minimum Gasteiger partial charge on any atom is -0.420 e. The molecule has 0 aliphatic carbocycles. The SMILES string of the molecule is CCCN(OCC)C(=O)C1=Cc2sc(CN3CCN(C(=O)CCOCCOC(CO)OCCOCCOCC(OCCOCCOCCO)C(CO)C(=O)Oc4c(F)c(F)cc(F)c4F)CC3)cc2N=C(N)C1. The minimum atomic E-state index is -1.95. The summed E-state index contributed by atoms with van der Waals surface area (Å²) in [5.74, 6) is -12.1. The first-order valence-electron chi connectivity index (χ1n) is 24.1. The molecule has 2 aliphatic heterocycles. The van der Waals surface area contributed by atoms with Gasteiger partial charge in [0.05, 0.1) is 135 Å². The zero-order valence-electron chi connectivity index (χ0n) is 41.3. The number of hydroxylamine groups is 2. The van der Waals surface area contributed by atoms with E-state index in [2.05, 4.69) is 14.6 Å². The average molecular weight is 1070 g/mol. The third-order valence-corrected chi connectivity index (χ3v) is 11.8. The Morgan fingerprint density at radius 3 is 1.99 bits per heavy atom. The number of carbonyl (C=O) groups is 3. The van der Waals surface area contributed by atoms with Gasteiger partial charge in [0.25, 0.3) is 5.91 Å². The molecule has 1 saturated heterocycles. The molecule has 1 aromatic carbocycles. The molecule has 4 rings (SSSR count). The number of nitrogens with zero attached hydrogens (tertiary/aromatic N) is 4. The van der Waals surface area contributed by atoms with Gasteiger partial charge in [-0.1, -0.05) is 6.92 Å². The monoisotopic (exact) mass is 1070 g/mol. The number of esters is 1. The predicted octanol–water partition coefficient (Wildman–Crippen LogP) is 2.33. The number of aliphatic hydroxyl groups is 3. The van der Waals surface area contributed by atoms with Gasteiger partial charge in [0, 0.05) is 62.2 Å². The van der Waals surface area contributed by atoms with Gasteiger partial charge in [0.15, 0.2) is 17.9 Å². The molecular formula is C47H69F4N5O16S. The molecule has 3 heterocycles. The third kappa shape index (κ3) is 21.1. The van der Waals surface area contributed by atoms with Crippen molar-refractivity contribution in [2.45, 2.75) is 52.0 Å². The lowest BCUT2D eigenvalue weighted by Crippen LogP contribution is -2.48. The van der Waals surface area contributed by atoms with E-state index in [-0.39, 0.29) is 123 Å². The average Bonchev–Trinajstić information content (AvgIpc) is 3.66. The van der Waals surface area contributed by atoms with E-state index < -0.39 is 66.5 Å². The molecule has 5 N–H and O–H groups in total. The number of amides is 2. The van der Waals surface area contributed by atoms with Crippen molar-refractivity contribution in [3.63, 3.8) is 0 Å². The van der Waals surface area contributed by atoms with Gasteiger partial charge in [-0.3, -0.25) is 24.1 Å². The third-order valence-electron chi connectivity index (χ3n) is 10.8. The number of piperazine rings is 1. The summed E-state index contributed by atoms with van der Waals surface area (Å²) >= 11 is 1.56. The van der Waals surface area contributed by atoms with Crippen LogP contribution < -0.4 is 10.5 Å². The van der Waals surface area contributed by atoms with Crippen LogP contribution >= 0.6 is 11.3 Å². The number of nitrogens with two attached hydrogens (primary N) is 1. The van der Waals surface area contributed by atoms with Crippen molar-refractivity contribution in [3.05, 3.63) is 50.7 Å². The van der Waals surface area contributed by atoms with Crippen LogP contribution in [0.25, 0.3) is 6.08 Å². The first-order valence-corrected chi connectivity index (χ1v) is 24.9. The quantitative estimate of drug-likeness (QED) is 0.0144. The molecular weight excluding hydrogens is 999 g/mol. The summed E-state index contributed by atoms with van der Waals surface area (Å²) in [5, 5.41) is 29.9. The molecule has 1 aromatic heterocycles. The van der Waals surface area contributed by atoms with Gasteiger partial charge < -0.3 is 68.6 Å². The topological polar surface area (TPSA) is 252 Å². The Morgan fingerprint density at radius 2 is 1.38 bits per heavy atom. The van der Waals surface area contributed by atoms with Crippen molar-refractivity contribution in [2.24, 2.45) is 16.6 Å². The number of thiophene rings is 1. The summed E-state index contributed by atoms with van der Waals surface area (Å²) in [6.45, 7) is 6.53. The fraction of sp³-hybridized carbons (Fsp3) is 0.660. The summed E-state index contributed by atoms with van der Waals surface area (Å²) in [5.41, 5.74) is 7.47. The van der Waals surface area contributed by atoms with E-state index in [1.54, 1.807) is 11.3 Å². The second kappa shape index (κ2) is 34.3. The van der Waals surface area contributed by atoms with Crippen LogP contribution in [-0.2, 0) is 63.7 Å². The molecule has 1 fully saturated rings. The van der Waals surface area contributed by atoms with E-state index in [0.717, 1.165) is 21.9 Å². The molecule has 2 amide bonds. The largest absolute Gasteiger partial charge is 0.420 e. The summed E-state index contributed by atoms with van der Waals surface area (Å²) in [6, 6.07) is 1.95. The highest BCUT2D eigenvalue weighted by Gasteiger charge is 2.34. The van der Waals surface area contributed by atoms with E-state index in [4.69, 9.17) is 53.6 Å². The van der Waals surface area contributed by atoms with E-state index in [9.17, 15) is 42.2 Å². The highest BCUT2D eigenvalue weighted by atomic mass is 32.1. The Morgan fingerprint density at radius 1 is 0.781 bits per heavy atom. The van der Waals surface area contributed by atoms with Gasteiger partial charge in [-0.25, -0.2) is 18.8 Å². The molecule has 2 aromatic rings. The van der Waals surface area contributed by atoms with Crippen LogP contribution in [-0.4, -0.2) is 211 Å². The summed E-state index contributed by atoms with van der Waals surface area (Å²) in [6.07, 6.45) is 0.765. The number of aliphatic imine (C=N–C) groups is 1. The van der Waals surface area contributed by atoms with E-state index in [0.29, 0.717) is 57.3 Å². The van der Waals surface area contributed by atoms with Crippen LogP contribution in [0.15, 0.2) is 22.7 Å². The Labute approximate surface area is 425 Å². The molecule has 26 heteroatoms. The number of halogens is 4. The maximum Gasteiger partial charge on any atom is 0.319 e. The van der Waals surface area contributed by atoms with Crippen molar-refractivity contribution >= 4 is 46.7 Å². The molecule has 21 nitrogen and oxygen atoms in total. The molecule has 412 valence electrons. The second-order valence-electron chi connectivity index (χ2n) is 16.2. The van der Waals surface area contributed by atoms with Gasteiger partial charge >= 0.3 is 5.97 Å². The number of amidine groups is 1. The van der Waals surface area contributed by atoms with Gasteiger partial charge in [-0.2, -0.15) is 8.78 Å². The zero-order valence-corrected chi connectivity index (χ0v) is 42.1. The molecule has 0 bridgehead atoms. The van der Waals surface area contributed by atoms with Crippen molar-refractivity contribution in [1.29, 1.82) is 0 Å². The molecule has 0 spiro atoms. The number of rotatable bonds is 37. The van der Waals surface area contributed by atoms with Gasteiger partial charge in [-0.05, 0) is 25.5 Å². The predicted molar refractivity (Wildman–Crippen MR) is 254 cm³/mol. The summed E-state index contributed by atoms with van der Waals surface area (Å²) in [4.78, 5) is 55.2. The standard InChI is InChI=1S/C47H69F4N5O16S/c1-3-6-56(71-4-2)46(61)32-24-39-37(53-40(52)25-32)26-33(73-39)28-54-7-9-55(10-8-54)41(60)5-12-63-19-22-69-42(30-59)70-23-20-66-16-17-67-31-38(68-21-18-65-15-14-64-13-11-57)34(29-58)47(62)72-45-43(50)35(48)27-36(49)44(45)51/h24,26-27,34,38,42,57-59H,3-23,25,28-31H2,1-2H3,(H2,52,53). The summed E-state index contributed by atoms with van der Waals surface area (Å²) < 4.78 is 104. The van der Waals surface area contributed by atoms with Crippen LogP contribution in [0.5, 0.6) is 5.75 Å². The van der Waals surface area contributed by atoms with Crippen molar-refractivity contribution in [3.8, 4) is 5.75 Å². The van der Waals surface area contributed by atoms with Crippen LogP contribution in [0.1, 0.15) is 42.9 Å². The first-order chi connectivity index (χ1) is 35.3.